The summed E-state index contributed by atoms with van der Waals surface area (Å²) in [6.07, 6.45) is 0. The Morgan fingerprint density at radius 3 is 1.92 bits per heavy atom. The Labute approximate surface area is 161 Å². The summed E-state index contributed by atoms with van der Waals surface area (Å²) < 4.78 is 0. The molecule has 2 nitrogen and oxygen atoms in total. The monoisotopic (exact) mass is 354 g/mol. The molecule has 0 bridgehead atoms. The van der Waals surface area contributed by atoms with Gasteiger partial charge < -0.3 is 9.80 Å². The number of rotatable bonds is 2. The smallest absolute Gasteiger partial charge is 0.0452 e. The molecule has 1 aliphatic rings. The summed E-state index contributed by atoms with van der Waals surface area (Å²) in [5.41, 5.74) is 6.86. The minimum absolute atomic E-state index is 0.0791. The van der Waals surface area contributed by atoms with Crippen molar-refractivity contribution in [3.8, 4) is 0 Å². The SMILES string of the molecule is CC.CC.Cc1ccc2c(c1)C(c1ccc(N(C)C)cc1)C(C)(C)N2C. The number of likely N-dealkylation sites (N-methyl/N-ethyl adjacent to an activating group) is 1. The molecule has 0 aromatic heterocycles. The molecular weight excluding hydrogens is 316 g/mol. The predicted molar refractivity (Wildman–Crippen MR) is 119 cm³/mol. The van der Waals surface area contributed by atoms with Crippen LogP contribution in [0.3, 0.4) is 0 Å². The Hall–Kier alpha value is -1.96. The first kappa shape index (κ1) is 22.1. The molecule has 0 spiro atoms. The van der Waals surface area contributed by atoms with Gasteiger partial charge in [-0.05, 0) is 50.1 Å². The molecule has 3 rings (SSSR count). The van der Waals surface area contributed by atoms with Gasteiger partial charge in [0.05, 0.1) is 0 Å². The fourth-order valence-corrected chi connectivity index (χ4v) is 3.65. The molecule has 0 amide bonds. The maximum absolute atomic E-state index is 2.42. The molecule has 0 N–H and O–H groups in total. The molecule has 0 saturated carbocycles. The number of hydrogen-bond acceptors (Lipinski definition) is 2. The third kappa shape index (κ3) is 4.06. The second-order valence-corrected chi connectivity index (χ2v) is 7.19. The Bertz CT molecular complexity index is 684. The van der Waals surface area contributed by atoms with E-state index in [4.69, 9.17) is 0 Å². The molecule has 0 aliphatic carbocycles. The van der Waals surface area contributed by atoms with Gasteiger partial charge in [0.1, 0.15) is 0 Å². The highest BCUT2D eigenvalue weighted by molar-refractivity contribution is 5.67. The zero-order chi connectivity index (χ0) is 20.1. The summed E-state index contributed by atoms with van der Waals surface area (Å²) in [7, 11) is 6.38. The zero-order valence-corrected chi connectivity index (χ0v) is 18.5. The number of anilines is 2. The third-order valence-electron chi connectivity index (χ3n) is 5.17. The summed E-state index contributed by atoms with van der Waals surface area (Å²) in [5.74, 6) is 0.406. The largest absolute Gasteiger partial charge is 0.378 e. The molecule has 0 fully saturated rings. The second-order valence-electron chi connectivity index (χ2n) is 7.19. The molecule has 0 saturated heterocycles. The van der Waals surface area contributed by atoms with Crippen LogP contribution in [0.1, 0.15) is 64.2 Å². The van der Waals surface area contributed by atoms with Crippen LogP contribution >= 0.6 is 0 Å². The Morgan fingerprint density at radius 1 is 0.885 bits per heavy atom. The van der Waals surface area contributed by atoms with Crippen LogP contribution in [0.15, 0.2) is 42.5 Å². The average molecular weight is 355 g/mol. The van der Waals surface area contributed by atoms with Gasteiger partial charge in [-0.2, -0.15) is 0 Å². The minimum atomic E-state index is 0.0791. The predicted octanol–water partition coefficient (Wildman–Crippen LogP) is 6.47. The molecule has 144 valence electrons. The molecule has 1 atom stereocenters. The van der Waals surface area contributed by atoms with Gasteiger partial charge in [-0.15, -0.1) is 0 Å². The van der Waals surface area contributed by atoms with Crippen LogP contribution in [-0.2, 0) is 0 Å². The van der Waals surface area contributed by atoms with E-state index in [0.29, 0.717) is 5.92 Å². The van der Waals surface area contributed by atoms with Gasteiger partial charge in [0.25, 0.3) is 0 Å². The van der Waals surface area contributed by atoms with Crippen LogP contribution < -0.4 is 9.80 Å². The maximum Gasteiger partial charge on any atom is 0.0452 e. The molecule has 26 heavy (non-hydrogen) atoms. The maximum atomic E-state index is 2.42. The average Bonchev–Trinajstić information content (AvgIpc) is 2.84. The molecule has 1 aliphatic heterocycles. The van der Waals surface area contributed by atoms with Crippen LogP contribution in [0.2, 0.25) is 0 Å². The first-order valence-corrected chi connectivity index (χ1v) is 9.94. The first-order valence-electron chi connectivity index (χ1n) is 9.94. The zero-order valence-electron chi connectivity index (χ0n) is 18.5. The van der Waals surface area contributed by atoms with Crippen molar-refractivity contribution in [2.24, 2.45) is 0 Å². The van der Waals surface area contributed by atoms with Crippen LogP contribution in [0.4, 0.5) is 11.4 Å². The van der Waals surface area contributed by atoms with Crippen molar-refractivity contribution in [2.45, 2.75) is 59.9 Å². The van der Waals surface area contributed by atoms with Gasteiger partial charge >= 0.3 is 0 Å². The molecule has 2 aromatic rings. The Kier molecular flexibility index (Phi) is 7.74. The second kappa shape index (κ2) is 9.12. The third-order valence-corrected chi connectivity index (χ3v) is 5.17. The number of benzene rings is 2. The van der Waals surface area contributed by atoms with E-state index in [1.807, 2.05) is 27.7 Å². The first-order chi connectivity index (χ1) is 12.3. The highest BCUT2D eigenvalue weighted by atomic mass is 15.2. The standard InChI is InChI=1S/C20H26N2.2C2H6/c1-14-7-12-18-17(13-14)19(20(2,3)22(18)6)15-8-10-16(11-9-15)21(4)5;2*1-2/h7-13,19H,1-6H3;2*1-2H3. The summed E-state index contributed by atoms with van der Waals surface area (Å²) in [5, 5.41) is 0. The lowest BCUT2D eigenvalue weighted by Crippen LogP contribution is -2.41. The van der Waals surface area contributed by atoms with E-state index >= 15 is 0 Å². The lowest BCUT2D eigenvalue weighted by Gasteiger charge is -2.35. The number of nitrogens with zero attached hydrogens (tertiary/aromatic N) is 2. The molecule has 2 heteroatoms. The summed E-state index contributed by atoms with van der Waals surface area (Å²) in [6.45, 7) is 14.9. The minimum Gasteiger partial charge on any atom is -0.378 e. The Balaban J connectivity index is 0.000000791. The van der Waals surface area contributed by atoms with Crippen molar-refractivity contribution in [3.63, 3.8) is 0 Å². The van der Waals surface area contributed by atoms with Gasteiger partial charge in [0, 0.05) is 44.0 Å². The van der Waals surface area contributed by atoms with Gasteiger partial charge in [0.15, 0.2) is 0 Å². The van der Waals surface area contributed by atoms with Crippen LogP contribution in [-0.4, -0.2) is 26.7 Å². The fourth-order valence-electron chi connectivity index (χ4n) is 3.65. The van der Waals surface area contributed by atoms with E-state index < -0.39 is 0 Å². The van der Waals surface area contributed by atoms with Crippen molar-refractivity contribution in [3.05, 3.63) is 59.2 Å². The normalized spacial score (nSPS) is 16.7. The topological polar surface area (TPSA) is 6.48 Å². The van der Waals surface area contributed by atoms with Crippen molar-refractivity contribution in [1.82, 2.24) is 0 Å². The van der Waals surface area contributed by atoms with Gasteiger partial charge in [0.2, 0.25) is 0 Å². The van der Waals surface area contributed by atoms with Gasteiger partial charge in [-0.1, -0.05) is 57.5 Å². The highest BCUT2D eigenvalue weighted by Gasteiger charge is 2.43. The number of fused-ring (bicyclic) bond motifs is 1. The van der Waals surface area contributed by atoms with Crippen molar-refractivity contribution in [2.75, 3.05) is 30.9 Å². The van der Waals surface area contributed by atoms with E-state index in [9.17, 15) is 0 Å². The Morgan fingerprint density at radius 2 is 1.42 bits per heavy atom. The fraction of sp³-hybridized carbons (Fsp3) is 0.500. The summed E-state index contributed by atoms with van der Waals surface area (Å²) in [6, 6.07) is 15.8. The molecule has 1 unspecified atom stereocenters. The van der Waals surface area contributed by atoms with Crippen molar-refractivity contribution < 1.29 is 0 Å². The quantitative estimate of drug-likeness (QED) is 0.609. The lowest BCUT2D eigenvalue weighted by atomic mass is 9.79. The summed E-state index contributed by atoms with van der Waals surface area (Å²) in [4.78, 5) is 4.57. The van der Waals surface area contributed by atoms with Gasteiger partial charge in [-0.3, -0.25) is 0 Å². The summed E-state index contributed by atoms with van der Waals surface area (Å²) >= 11 is 0. The van der Waals surface area contributed by atoms with Gasteiger partial charge in [-0.25, -0.2) is 0 Å². The van der Waals surface area contributed by atoms with Crippen LogP contribution in [0.5, 0.6) is 0 Å². The number of hydrogen-bond donors (Lipinski definition) is 0. The molecule has 2 aromatic carbocycles. The van der Waals surface area contributed by atoms with E-state index in [1.165, 1.54) is 28.1 Å². The molecule has 1 heterocycles. The number of aryl methyl sites for hydroxylation is 1. The van der Waals surface area contributed by atoms with Crippen LogP contribution in [0, 0.1) is 6.92 Å². The molecular formula is C24H38N2. The molecule has 0 radical (unpaired) electrons. The van der Waals surface area contributed by atoms with Crippen LogP contribution in [0.25, 0.3) is 0 Å². The lowest BCUT2D eigenvalue weighted by molar-refractivity contribution is 0.464. The van der Waals surface area contributed by atoms with E-state index in [2.05, 4.69) is 94.2 Å². The van der Waals surface area contributed by atoms with Crippen molar-refractivity contribution in [1.29, 1.82) is 0 Å². The van der Waals surface area contributed by atoms with E-state index in [0.717, 1.165) is 0 Å². The van der Waals surface area contributed by atoms with E-state index in [1.54, 1.807) is 0 Å². The highest BCUT2D eigenvalue weighted by Crippen LogP contribution is 2.50. The van der Waals surface area contributed by atoms with E-state index in [-0.39, 0.29) is 5.54 Å². The van der Waals surface area contributed by atoms with Crippen molar-refractivity contribution >= 4 is 11.4 Å².